The average Bonchev–Trinajstić information content (AvgIpc) is 2.52. The van der Waals surface area contributed by atoms with Crippen LogP contribution in [0.3, 0.4) is 0 Å². The highest BCUT2D eigenvalue weighted by atomic mass is 16.6. The van der Waals surface area contributed by atoms with Crippen molar-refractivity contribution in [3.63, 3.8) is 0 Å². The minimum atomic E-state index is -1.23. The van der Waals surface area contributed by atoms with Crippen molar-refractivity contribution >= 4 is 6.09 Å². The third kappa shape index (κ3) is 3.48. The van der Waals surface area contributed by atoms with Gasteiger partial charge < -0.3 is 14.6 Å². The second-order valence-corrected chi connectivity index (χ2v) is 6.55. The van der Waals surface area contributed by atoms with Crippen molar-refractivity contribution in [3.8, 4) is 0 Å². The van der Waals surface area contributed by atoms with E-state index >= 15 is 0 Å². The van der Waals surface area contributed by atoms with Crippen molar-refractivity contribution in [2.24, 2.45) is 0 Å². The molecule has 110 valence electrons. The van der Waals surface area contributed by atoms with Crippen LogP contribution in [0.15, 0.2) is 12.7 Å². The second-order valence-electron chi connectivity index (χ2n) is 6.55. The highest BCUT2D eigenvalue weighted by Crippen LogP contribution is 2.34. The van der Waals surface area contributed by atoms with Gasteiger partial charge in [-0.1, -0.05) is 6.08 Å². The van der Waals surface area contributed by atoms with Crippen LogP contribution in [0.5, 0.6) is 0 Å². The van der Waals surface area contributed by atoms with Crippen molar-refractivity contribution in [1.82, 2.24) is 4.90 Å². The van der Waals surface area contributed by atoms with Gasteiger partial charge in [-0.25, -0.2) is 4.79 Å². The Hall–Kier alpha value is -1.07. The minimum absolute atomic E-state index is 0.241. The Balaban J connectivity index is 3.03. The first-order valence-corrected chi connectivity index (χ1v) is 6.43. The maximum Gasteiger partial charge on any atom is 0.413 e. The van der Waals surface area contributed by atoms with Crippen LogP contribution in [0.25, 0.3) is 0 Å². The monoisotopic (exact) mass is 271 g/mol. The predicted octanol–water partition coefficient (Wildman–Crippen LogP) is 2.30. The molecule has 1 heterocycles. The maximum atomic E-state index is 12.3. The van der Waals surface area contributed by atoms with Crippen molar-refractivity contribution in [3.05, 3.63) is 12.7 Å². The van der Waals surface area contributed by atoms with E-state index in [0.29, 0.717) is 0 Å². The molecule has 2 atom stereocenters. The molecule has 5 heteroatoms. The van der Waals surface area contributed by atoms with Gasteiger partial charge in [0.25, 0.3) is 0 Å². The minimum Gasteiger partial charge on any atom is -0.444 e. The lowest BCUT2D eigenvalue weighted by molar-refractivity contribution is -0.0722. The van der Waals surface area contributed by atoms with E-state index in [1.807, 2.05) is 0 Å². The molecule has 0 aromatic heterocycles. The first-order chi connectivity index (χ1) is 8.41. The lowest BCUT2D eigenvalue weighted by Gasteiger charge is -2.39. The summed E-state index contributed by atoms with van der Waals surface area (Å²) in [7, 11) is 0. The Morgan fingerprint density at radius 2 is 2.00 bits per heavy atom. The predicted molar refractivity (Wildman–Crippen MR) is 72.7 cm³/mol. The van der Waals surface area contributed by atoms with Gasteiger partial charge >= 0.3 is 6.09 Å². The zero-order chi connectivity index (χ0) is 15.1. The average molecular weight is 271 g/mol. The maximum absolute atomic E-state index is 12.3. The van der Waals surface area contributed by atoms with E-state index in [2.05, 4.69) is 6.58 Å². The summed E-state index contributed by atoms with van der Waals surface area (Å²) in [5.74, 6) is 0. The van der Waals surface area contributed by atoms with E-state index in [1.165, 1.54) is 11.0 Å². The van der Waals surface area contributed by atoms with Crippen molar-refractivity contribution in [2.75, 3.05) is 6.61 Å². The van der Waals surface area contributed by atoms with E-state index in [-0.39, 0.29) is 6.61 Å². The Bertz CT molecular complexity index is 368. The lowest BCUT2D eigenvalue weighted by atomic mass is 9.96. The van der Waals surface area contributed by atoms with Gasteiger partial charge in [0.2, 0.25) is 0 Å². The van der Waals surface area contributed by atoms with Crippen molar-refractivity contribution in [1.29, 1.82) is 0 Å². The van der Waals surface area contributed by atoms with Gasteiger partial charge in [0.15, 0.2) is 0 Å². The molecule has 0 radical (unpaired) electrons. The molecule has 1 aliphatic heterocycles. The molecule has 0 unspecified atom stereocenters. The fourth-order valence-electron chi connectivity index (χ4n) is 2.03. The first kappa shape index (κ1) is 16.0. The van der Waals surface area contributed by atoms with Crippen molar-refractivity contribution in [2.45, 2.75) is 64.5 Å². The number of aliphatic hydroxyl groups is 1. The highest BCUT2D eigenvalue weighted by molar-refractivity contribution is 5.70. The molecule has 1 rings (SSSR count). The van der Waals surface area contributed by atoms with Crippen LogP contribution < -0.4 is 0 Å². The summed E-state index contributed by atoms with van der Waals surface area (Å²) in [5.41, 5.74) is -2.65. The molecule has 0 aromatic rings. The van der Waals surface area contributed by atoms with E-state index in [9.17, 15) is 9.90 Å². The van der Waals surface area contributed by atoms with Gasteiger partial charge in [0.05, 0.1) is 12.6 Å². The summed E-state index contributed by atoms with van der Waals surface area (Å²) in [6.07, 6.45) is 0.918. The SMILES string of the molecule is C=C[C@](C)(O)[C@H]1COC(C)(C)N1C(=O)OC(C)(C)C. The first-order valence-electron chi connectivity index (χ1n) is 6.43. The largest absolute Gasteiger partial charge is 0.444 e. The molecule has 1 fully saturated rings. The molecule has 0 bridgehead atoms. The normalized spacial score (nSPS) is 25.8. The summed E-state index contributed by atoms with van der Waals surface area (Å²) in [6.45, 7) is 14.4. The molecule has 19 heavy (non-hydrogen) atoms. The van der Waals surface area contributed by atoms with Crippen LogP contribution in [0.1, 0.15) is 41.5 Å². The van der Waals surface area contributed by atoms with Crippen LogP contribution in [0, 0.1) is 0 Å². The van der Waals surface area contributed by atoms with Gasteiger partial charge in [0.1, 0.15) is 16.9 Å². The molecule has 1 saturated heterocycles. The van der Waals surface area contributed by atoms with Gasteiger partial charge in [-0.15, -0.1) is 6.58 Å². The fraction of sp³-hybridized carbons (Fsp3) is 0.786. The van der Waals surface area contributed by atoms with Crippen molar-refractivity contribution < 1.29 is 19.4 Å². The summed E-state index contributed by atoms with van der Waals surface area (Å²) in [5, 5.41) is 10.3. The highest BCUT2D eigenvalue weighted by Gasteiger charge is 2.51. The molecular formula is C14H25NO4. The van der Waals surface area contributed by atoms with Crippen LogP contribution in [-0.2, 0) is 9.47 Å². The molecule has 0 aromatic carbocycles. The number of hydrogen-bond donors (Lipinski definition) is 1. The number of carbonyl (C=O) groups is 1. The molecule has 0 spiro atoms. The van der Waals surface area contributed by atoms with Crippen LogP contribution in [0.4, 0.5) is 4.79 Å². The molecule has 0 saturated carbocycles. The smallest absolute Gasteiger partial charge is 0.413 e. The summed E-state index contributed by atoms with van der Waals surface area (Å²) in [4.78, 5) is 13.8. The lowest BCUT2D eigenvalue weighted by Crippen LogP contribution is -2.56. The molecule has 1 aliphatic rings. The van der Waals surface area contributed by atoms with Gasteiger partial charge in [-0.2, -0.15) is 0 Å². The molecule has 1 amide bonds. The summed E-state index contributed by atoms with van der Waals surface area (Å²) >= 11 is 0. The summed E-state index contributed by atoms with van der Waals surface area (Å²) in [6, 6.07) is -0.519. The van der Waals surface area contributed by atoms with E-state index in [4.69, 9.17) is 9.47 Å². The van der Waals surface area contributed by atoms with E-state index < -0.39 is 29.1 Å². The number of carbonyl (C=O) groups excluding carboxylic acids is 1. The van der Waals surface area contributed by atoms with Crippen LogP contribution in [-0.4, -0.2) is 45.7 Å². The van der Waals surface area contributed by atoms with E-state index in [1.54, 1.807) is 41.5 Å². The molecular weight excluding hydrogens is 246 g/mol. The summed E-state index contributed by atoms with van der Waals surface area (Å²) < 4.78 is 11.0. The third-order valence-corrected chi connectivity index (χ3v) is 3.16. The zero-order valence-corrected chi connectivity index (χ0v) is 12.7. The Kier molecular flexibility index (Phi) is 4.04. The molecule has 5 nitrogen and oxygen atoms in total. The number of ether oxygens (including phenoxy) is 2. The number of amides is 1. The quantitative estimate of drug-likeness (QED) is 0.783. The zero-order valence-electron chi connectivity index (χ0n) is 12.7. The van der Waals surface area contributed by atoms with Gasteiger partial charge in [0, 0.05) is 0 Å². The topological polar surface area (TPSA) is 59.0 Å². The molecule has 1 N–H and O–H groups in total. The number of hydrogen-bond acceptors (Lipinski definition) is 4. The molecule has 0 aliphatic carbocycles. The van der Waals surface area contributed by atoms with Gasteiger partial charge in [-0.3, -0.25) is 4.90 Å². The number of nitrogens with zero attached hydrogens (tertiary/aromatic N) is 1. The Labute approximate surface area is 115 Å². The van der Waals surface area contributed by atoms with Crippen LogP contribution in [0.2, 0.25) is 0 Å². The van der Waals surface area contributed by atoms with E-state index in [0.717, 1.165) is 0 Å². The van der Waals surface area contributed by atoms with Gasteiger partial charge in [-0.05, 0) is 41.5 Å². The number of rotatable bonds is 2. The Morgan fingerprint density at radius 1 is 1.47 bits per heavy atom. The fourth-order valence-corrected chi connectivity index (χ4v) is 2.03. The Morgan fingerprint density at radius 3 is 2.42 bits per heavy atom. The van der Waals surface area contributed by atoms with Crippen LogP contribution >= 0.6 is 0 Å². The third-order valence-electron chi connectivity index (χ3n) is 3.16. The standard InChI is InChI=1S/C14H25NO4/c1-8-14(7,17)10-9-18-13(5,6)15(10)11(16)19-12(2,3)4/h8,10,17H,1,9H2,2-7H3/t10-,14+/m1/s1. The second kappa shape index (κ2) is 4.80.